The Hall–Kier alpha value is -1.96. The van der Waals surface area contributed by atoms with E-state index in [1.165, 1.54) is 23.8 Å². The molecular weight excluding hydrogens is 440 g/mol. The third kappa shape index (κ3) is 3.90. The average molecular weight is 454 g/mol. The molecule has 26 heavy (non-hydrogen) atoms. The molecule has 0 aromatic heterocycles. The van der Waals surface area contributed by atoms with Crippen LogP contribution in [0.4, 0.5) is 5.69 Å². The van der Waals surface area contributed by atoms with E-state index in [-0.39, 0.29) is 11.7 Å². The van der Waals surface area contributed by atoms with Crippen molar-refractivity contribution in [3.05, 3.63) is 56.4 Å². The van der Waals surface area contributed by atoms with Crippen molar-refractivity contribution in [3.8, 4) is 11.5 Å². The highest BCUT2D eigenvalue weighted by molar-refractivity contribution is 9.10. The second-order valence-electron chi connectivity index (χ2n) is 5.40. The van der Waals surface area contributed by atoms with E-state index in [0.29, 0.717) is 31.0 Å². The number of benzene rings is 2. The zero-order chi connectivity index (χ0) is 18.8. The number of halogens is 2. The number of amides is 1. The van der Waals surface area contributed by atoms with Gasteiger partial charge < -0.3 is 9.84 Å². The molecule has 0 saturated carbocycles. The number of nitrogens with zero attached hydrogens (tertiary/aromatic N) is 2. The number of rotatable bonds is 3. The highest BCUT2D eigenvalue weighted by atomic mass is 79.9. The Morgan fingerprint density at radius 2 is 2.00 bits per heavy atom. The summed E-state index contributed by atoms with van der Waals surface area (Å²) < 4.78 is 5.63. The largest absolute Gasteiger partial charge is 0.503 e. The van der Waals surface area contributed by atoms with E-state index >= 15 is 0 Å². The van der Waals surface area contributed by atoms with Crippen LogP contribution in [0.1, 0.15) is 5.56 Å². The van der Waals surface area contributed by atoms with Gasteiger partial charge in [0.25, 0.3) is 5.91 Å². The Kier molecular flexibility index (Phi) is 5.60. The maximum Gasteiger partial charge on any atom is 0.266 e. The summed E-state index contributed by atoms with van der Waals surface area (Å²) in [5, 5.41) is 11.1. The SMILES string of the molecule is COc1cc(/C=C2/SC(=Nc3ccc(Cl)cc3)N(C)C2=O)cc(Br)c1O. The maximum atomic E-state index is 12.5. The standard InChI is InChI=1S/C18H14BrClN2O3S/c1-22-17(24)15(9-10-7-13(19)16(23)14(8-10)25-2)26-18(22)21-12-5-3-11(20)4-6-12/h3-9,23H,1-2H3/b15-9+,21-18?. The second-order valence-corrected chi connectivity index (χ2v) is 7.70. The van der Waals surface area contributed by atoms with Crippen LogP contribution in [0.3, 0.4) is 0 Å². The number of thioether (sulfide) groups is 1. The van der Waals surface area contributed by atoms with Crippen molar-refractivity contribution in [3.63, 3.8) is 0 Å². The number of ether oxygens (including phenoxy) is 1. The summed E-state index contributed by atoms with van der Waals surface area (Å²) in [5.74, 6) is 0.193. The van der Waals surface area contributed by atoms with Crippen LogP contribution < -0.4 is 4.74 Å². The molecule has 2 aromatic carbocycles. The molecule has 1 N–H and O–H groups in total. The van der Waals surface area contributed by atoms with Crippen LogP contribution in [-0.4, -0.2) is 35.2 Å². The normalized spacial score (nSPS) is 17.4. The minimum atomic E-state index is -0.147. The van der Waals surface area contributed by atoms with Gasteiger partial charge in [0.05, 0.1) is 22.2 Å². The lowest BCUT2D eigenvalue weighted by Gasteiger charge is -2.07. The van der Waals surface area contributed by atoms with Crippen molar-refractivity contribution in [2.24, 2.45) is 4.99 Å². The zero-order valence-electron chi connectivity index (χ0n) is 13.9. The van der Waals surface area contributed by atoms with Crippen molar-refractivity contribution in [1.29, 1.82) is 0 Å². The van der Waals surface area contributed by atoms with Crippen LogP contribution in [0.15, 0.2) is 50.8 Å². The predicted octanol–water partition coefficient (Wildman–Crippen LogP) is 5.05. The molecule has 1 heterocycles. The van der Waals surface area contributed by atoms with E-state index in [4.69, 9.17) is 16.3 Å². The number of aliphatic imine (C=N–C) groups is 1. The fourth-order valence-corrected chi connectivity index (χ4v) is 3.83. The summed E-state index contributed by atoms with van der Waals surface area (Å²) in [7, 11) is 3.15. The summed E-state index contributed by atoms with van der Waals surface area (Å²) in [4.78, 5) is 19.0. The topological polar surface area (TPSA) is 62.1 Å². The number of phenolic OH excluding ortho intramolecular Hbond substituents is 1. The van der Waals surface area contributed by atoms with Crippen LogP contribution in [0, 0.1) is 0 Å². The Bertz CT molecular complexity index is 929. The monoisotopic (exact) mass is 452 g/mol. The van der Waals surface area contributed by atoms with Gasteiger partial charge in [0.15, 0.2) is 16.7 Å². The lowest BCUT2D eigenvalue weighted by atomic mass is 10.2. The predicted molar refractivity (Wildman–Crippen MR) is 109 cm³/mol. The number of phenols is 1. The molecule has 2 aromatic rings. The quantitative estimate of drug-likeness (QED) is 0.661. The minimum Gasteiger partial charge on any atom is -0.503 e. The lowest BCUT2D eigenvalue weighted by Crippen LogP contribution is -2.23. The smallest absolute Gasteiger partial charge is 0.266 e. The first kappa shape index (κ1) is 18.8. The maximum absolute atomic E-state index is 12.5. The van der Waals surface area contributed by atoms with Crippen molar-refractivity contribution >= 4 is 62.1 Å². The van der Waals surface area contributed by atoms with Crippen molar-refractivity contribution in [2.75, 3.05) is 14.2 Å². The van der Waals surface area contributed by atoms with Gasteiger partial charge in [0, 0.05) is 12.1 Å². The van der Waals surface area contributed by atoms with E-state index in [1.807, 2.05) is 0 Å². The molecule has 1 saturated heterocycles. The molecule has 0 bridgehead atoms. The molecule has 0 radical (unpaired) electrons. The summed E-state index contributed by atoms with van der Waals surface area (Å²) in [5.41, 5.74) is 1.44. The van der Waals surface area contributed by atoms with E-state index in [0.717, 1.165) is 5.56 Å². The van der Waals surface area contributed by atoms with Gasteiger partial charge in [-0.2, -0.15) is 0 Å². The molecule has 0 atom stereocenters. The Labute approximate surface area is 168 Å². The molecule has 134 valence electrons. The number of carbonyl (C=O) groups is 1. The van der Waals surface area contributed by atoms with Gasteiger partial charge in [-0.15, -0.1) is 0 Å². The molecule has 0 unspecified atom stereocenters. The minimum absolute atomic E-state index is 0.0159. The number of carbonyl (C=O) groups excluding carboxylic acids is 1. The molecule has 1 fully saturated rings. The zero-order valence-corrected chi connectivity index (χ0v) is 17.0. The highest BCUT2D eigenvalue weighted by Gasteiger charge is 2.30. The number of likely N-dealkylation sites (N-methyl/N-ethyl adjacent to an activating group) is 1. The fourth-order valence-electron chi connectivity index (χ4n) is 2.26. The number of amidine groups is 1. The molecule has 8 heteroatoms. The summed E-state index contributed by atoms with van der Waals surface area (Å²) >= 11 is 10.4. The van der Waals surface area contributed by atoms with Crippen molar-refractivity contribution in [2.45, 2.75) is 0 Å². The van der Waals surface area contributed by atoms with Crippen molar-refractivity contribution < 1.29 is 14.6 Å². The number of hydrogen-bond acceptors (Lipinski definition) is 5. The molecule has 1 aliphatic rings. The first-order valence-corrected chi connectivity index (χ1v) is 9.46. The van der Waals surface area contributed by atoms with Gasteiger partial charge in [-0.3, -0.25) is 9.69 Å². The Morgan fingerprint density at radius 3 is 2.65 bits per heavy atom. The van der Waals surface area contributed by atoms with E-state index < -0.39 is 0 Å². The molecule has 1 aliphatic heterocycles. The van der Waals surface area contributed by atoms with Crippen LogP contribution in [0.2, 0.25) is 5.02 Å². The van der Waals surface area contributed by atoms with Gasteiger partial charge in [-0.05, 0) is 75.7 Å². The molecule has 1 amide bonds. The number of aromatic hydroxyl groups is 1. The van der Waals surface area contributed by atoms with Gasteiger partial charge in [0.2, 0.25) is 0 Å². The van der Waals surface area contributed by atoms with Gasteiger partial charge in [-0.1, -0.05) is 11.6 Å². The second kappa shape index (κ2) is 7.73. The van der Waals surface area contributed by atoms with E-state index in [2.05, 4.69) is 20.9 Å². The number of methoxy groups -OCH3 is 1. The van der Waals surface area contributed by atoms with E-state index in [9.17, 15) is 9.90 Å². The average Bonchev–Trinajstić information content (AvgIpc) is 2.88. The summed E-state index contributed by atoms with van der Waals surface area (Å²) in [6.45, 7) is 0. The Morgan fingerprint density at radius 1 is 1.31 bits per heavy atom. The van der Waals surface area contributed by atoms with Crippen LogP contribution in [-0.2, 0) is 4.79 Å². The summed E-state index contributed by atoms with van der Waals surface area (Å²) in [6, 6.07) is 10.5. The molecular formula is C18H14BrClN2O3S. The fraction of sp³-hybridized carbons (Fsp3) is 0.111. The summed E-state index contributed by atoms with van der Waals surface area (Å²) in [6.07, 6.45) is 1.74. The van der Waals surface area contributed by atoms with Gasteiger partial charge >= 0.3 is 0 Å². The number of hydrogen-bond donors (Lipinski definition) is 1. The van der Waals surface area contributed by atoms with Gasteiger partial charge in [-0.25, -0.2) is 4.99 Å². The molecule has 0 aliphatic carbocycles. The van der Waals surface area contributed by atoms with Crippen LogP contribution in [0.5, 0.6) is 11.5 Å². The molecule has 0 spiro atoms. The molecule has 5 nitrogen and oxygen atoms in total. The van der Waals surface area contributed by atoms with Crippen molar-refractivity contribution in [1.82, 2.24) is 4.90 Å². The molecule has 3 rings (SSSR count). The first-order chi connectivity index (χ1) is 12.4. The Balaban J connectivity index is 1.92. The lowest BCUT2D eigenvalue weighted by molar-refractivity contribution is -0.121. The first-order valence-electron chi connectivity index (χ1n) is 7.47. The van der Waals surface area contributed by atoms with Crippen LogP contribution in [0.25, 0.3) is 6.08 Å². The third-order valence-electron chi connectivity index (χ3n) is 3.62. The van der Waals surface area contributed by atoms with E-state index in [1.54, 1.807) is 49.5 Å². The van der Waals surface area contributed by atoms with Crippen LogP contribution >= 0.6 is 39.3 Å². The van der Waals surface area contributed by atoms with Gasteiger partial charge in [0.1, 0.15) is 0 Å². The third-order valence-corrected chi connectivity index (χ3v) is 5.54. The highest BCUT2D eigenvalue weighted by Crippen LogP contribution is 2.38.